The second-order valence-electron chi connectivity index (χ2n) is 4.04. The van der Waals surface area contributed by atoms with E-state index in [0.29, 0.717) is 19.6 Å². The van der Waals surface area contributed by atoms with Crippen molar-refractivity contribution in [2.24, 2.45) is 16.8 Å². The molecule has 0 aliphatic heterocycles. The molecule has 0 amide bonds. The van der Waals surface area contributed by atoms with Crippen LogP contribution in [0.4, 0.5) is 0 Å². The molecule has 3 N–H and O–H groups in total. The molecule has 18 heavy (non-hydrogen) atoms. The highest BCUT2D eigenvalue weighted by Gasteiger charge is 2.23. The summed E-state index contributed by atoms with van der Waals surface area (Å²) in [7, 11) is -1.79. The van der Waals surface area contributed by atoms with E-state index in [0.717, 1.165) is 0 Å². The number of rotatable bonds is 9. The van der Waals surface area contributed by atoms with Crippen LogP contribution in [0.2, 0.25) is 0 Å². The lowest BCUT2D eigenvalue weighted by molar-refractivity contribution is 0.199. The molecule has 0 bridgehead atoms. The number of nitrogens with zero attached hydrogens (tertiary/aromatic N) is 2. The second-order valence-corrected chi connectivity index (χ2v) is 6.13. The lowest BCUT2D eigenvalue weighted by atomic mass is 10.1. The number of hydrogen-bond acceptors (Lipinski definition) is 5. The van der Waals surface area contributed by atoms with Gasteiger partial charge in [0, 0.05) is 32.7 Å². The van der Waals surface area contributed by atoms with Crippen LogP contribution in [0.1, 0.15) is 20.3 Å². The van der Waals surface area contributed by atoms with Crippen molar-refractivity contribution in [3.63, 3.8) is 0 Å². The lowest BCUT2D eigenvalue weighted by Crippen LogP contribution is -2.40. The van der Waals surface area contributed by atoms with E-state index in [1.807, 2.05) is 0 Å². The number of nitrogens with two attached hydrogens (primary N) is 1. The molecule has 0 aromatic heterocycles. The van der Waals surface area contributed by atoms with E-state index in [-0.39, 0.29) is 24.1 Å². The molecule has 0 radical (unpaired) electrons. The topological polar surface area (TPSA) is 105 Å². The first-order valence-corrected chi connectivity index (χ1v) is 7.44. The van der Waals surface area contributed by atoms with Gasteiger partial charge >= 0.3 is 0 Å². The van der Waals surface area contributed by atoms with Crippen LogP contribution >= 0.6 is 0 Å². The molecule has 0 aromatic carbocycles. The van der Waals surface area contributed by atoms with Crippen molar-refractivity contribution in [2.45, 2.75) is 20.3 Å². The van der Waals surface area contributed by atoms with E-state index in [9.17, 15) is 8.42 Å². The monoisotopic (exact) mass is 281 g/mol. The van der Waals surface area contributed by atoms with Crippen LogP contribution in [0.15, 0.2) is 5.16 Å². The SMILES string of the molecule is CCN(CC(C)C(N)=NO)S(=O)(=O)CCCOC. The summed E-state index contributed by atoms with van der Waals surface area (Å²) in [6.07, 6.45) is 0.452. The van der Waals surface area contributed by atoms with E-state index in [1.54, 1.807) is 13.8 Å². The van der Waals surface area contributed by atoms with Gasteiger partial charge in [0.1, 0.15) is 5.84 Å². The minimum atomic E-state index is -3.32. The second kappa shape index (κ2) is 8.28. The molecule has 0 saturated heterocycles. The largest absolute Gasteiger partial charge is 0.409 e. The van der Waals surface area contributed by atoms with E-state index >= 15 is 0 Å². The quantitative estimate of drug-likeness (QED) is 0.204. The molecule has 0 aliphatic carbocycles. The van der Waals surface area contributed by atoms with Gasteiger partial charge in [-0.15, -0.1) is 0 Å². The Bertz CT molecular complexity index is 356. The predicted molar refractivity (Wildman–Crippen MR) is 70.1 cm³/mol. The van der Waals surface area contributed by atoms with Crippen molar-refractivity contribution in [3.05, 3.63) is 0 Å². The van der Waals surface area contributed by atoms with Crippen LogP contribution in [-0.2, 0) is 14.8 Å². The maximum atomic E-state index is 12.0. The zero-order chi connectivity index (χ0) is 14.2. The van der Waals surface area contributed by atoms with Crippen LogP contribution in [0.3, 0.4) is 0 Å². The van der Waals surface area contributed by atoms with Crippen molar-refractivity contribution < 1.29 is 18.4 Å². The van der Waals surface area contributed by atoms with Crippen molar-refractivity contribution in [1.29, 1.82) is 0 Å². The summed E-state index contributed by atoms with van der Waals surface area (Å²) in [5, 5.41) is 11.4. The number of oxime groups is 1. The minimum Gasteiger partial charge on any atom is -0.409 e. The average molecular weight is 281 g/mol. The molecular weight excluding hydrogens is 258 g/mol. The Kier molecular flexibility index (Phi) is 7.88. The zero-order valence-corrected chi connectivity index (χ0v) is 12.0. The predicted octanol–water partition coefficient (Wildman–Crippen LogP) is 0.0571. The first-order chi connectivity index (χ1) is 8.38. The highest BCUT2D eigenvalue weighted by atomic mass is 32.2. The van der Waals surface area contributed by atoms with Gasteiger partial charge in [-0.25, -0.2) is 12.7 Å². The summed E-state index contributed by atoms with van der Waals surface area (Å²) in [5.41, 5.74) is 5.44. The fourth-order valence-electron chi connectivity index (χ4n) is 1.45. The Morgan fingerprint density at radius 1 is 1.56 bits per heavy atom. The van der Waals surface area contributed by atoms with Gasteiger partial charge < -0.3 is 15.7 Å². The van der Waals surface area contributed by atoms with Gasteiger partial charge in [-0.2, -0.15) is 0 Å². The Labute approximate surface area is 109 Å². The van der Waals surface area contributed by atoms with Gasteiger partial charge in [0.2, 0.25) is 10.0 Å². The van der Waals surface area contributed by atoms with Crippen LogP contribution in [0.5, 0.6) is 0 Å². The number of amidine groups is 1. The molecule has 0 saturated carbocycles. The smallest absolute Gasteiger partial charge is 0.214 e. The molecule has 0 spiro atoms. The molecule has 0 aromatic rings. The molecular formula is C10H23N3O4S. The van der Waals surface area contributed by atoms with Crippen molar-refractivity contribution in [2.75, 3.05) is 32.6 Å². The van der Waals surface area contributed by atoms with Crippen molar-refractivity contribution in [3.8, 4) is 0 Å². The standard InChI is InChI=1S/C10H23N3O4S/c1-4-13(8-9(2)10(11)12-14)18(15,16)7-5-6-17-3/h9,14H,4-8H2,1-3H3,(H2,11,12). The van der Waals surface area contributed by atoms with E-state index in [4.69, 9.17) is 15.7 Å². The summed E-state index contributed by atoms with van der Waals surface area (Å²) in [6, 6.07) is 0. The third-order valence-corrected chi connectivity index (χ3v) is 4.59. The average Bonchev–Trinajstić information content (AvgIpc) is 2.34. The van der Waals surface area contributed by atoms with Gasteiger partial charge in [0.25, 0.3) is 0 Å². The molecule has 108 valence electrons. The van der Waals surface area contributed by atoms with Crippen LogP contribution in [0, 0.1) is 5.92 Å². The molecule has 0 aliphatic rings. The highest BCUT2D eigenvalue weighted by molar-refractivity contribution is 7.89. The first kappa shape index (κ1) is 17.1. The third-order valence-electron chi connectivity index (χ3n) is 2.59. The zero-order valence-electron chi connectivity index (χ0n) is 11.2. The highest BCUT2D eigenvalue weighted by Crippen LogP contribution is 2.08. The normalized spacial score (nSPS) is 15.0. The molecule has 0 heterocycles. The van der Waals surface area contributed by atoms with Crippen molar-refractivity contribution in [1.82, 2.24) is 4.31 Å². The lowest BCUT2D eigenvalue weighted by Gasteiger charge is -2.23. The number of ether oxygens (including phenoxy) is 1. The summed E-state index contributed by atoms with van der Waals surface area (Å²) in [5.74, 6) is -0.259. The molecule has 0 rings (SSSR count). The molecule has 8 heteroatoms. The van der Waals surface area contributed by atoms with Gasteiger partial charge in [0.05, 0.1) is 5.75 Å². The van der Waals surface area contributed by atoms with E-state index in [2.05, 4.69) is 5.16 Å². The maximum Gasteiger partial charge on any atom is 0.214 e. The Morgan fingerprint density at radius 2 is 2.17 bits per heavy atom. The minimum absolute atomic E-state index is 0.0283. The summed E-state index contributed by atoms with van der Waals surface area (Å²) < 4.78 is 30.2. The Hall–Kier alpha value is -0.860. The third kappa shape index (κ3) is 5.65. The Morgan fingerprint density at radius 3 is 2.61 bits per heavy atom. The fourth-order valence-corrected chi connectivity index (χ4v) is 3.04. The summed E-state index contributed by atoms with van der Waals surface area (Å²) >= 11 is 0. The fraction of sp³-hybridized carbons (Fsp3) is 0.900. The maximum absolute atomic E-state index is 12.0. The van der Waals surface area contributed by atoms with Gasteiger partial charge in [-0.1, -0.05) is 19.0 Å². The van der Waals surface area contributed by atoms with Gasteiger partial charge in [-0.05, 0) is 6.42 Å². The Balaban J connectivity index is 4.56. The molecule has 1 atom stereocenters. The molecule has 0 fully saturated rings. The summed E-state index contributed by atoms with van der Waals surface area (Å²) in [4.78, 5) is 0. The van der Waals surface area contributed by atoms with Gasteiger partial charge in [0.15, 0.2) is 0 Å². The van der Waals surface area contributed by atoms with Crippen molar-refractivity contribution >= 4 is 15.9 Å². The van der Waals surface area contributed by atoms with E-state index < -0.39 is 10.0 Å². The molecule has 7 nitrogen and oxygen atoms in total. The van der Waals surface area contributed by atoms with Gasteiger partial charge in [-0.3, -0.25) is 0 Å². The first-order valence-electron chi connectivity index (χ1n) is 5.83. The van der Waals surface area contributed by atoms with Crippen LogP contribution in [-0.4, -0.2) is 56.3 Å². The van der Waals surface area contributed by atoms with Crippen LogP contribution < -0.4 is 5.73 Å². The number of hydrogen-bond donors (Lipinski definition) is 2. The molecule has 1 unspecified atom stereocenters. The number of sulfonamides is 1. The van der Waals surface area contributed by atoms with E-state index in [1.165, 1.54) is 11.4 Å². The number of methoxy groups -OCH3 is 1. The van der Waals surface area contributed by atoms with Crippen LogP contribution in [0.25, 0.3) is 0 Å². The summed E-state index contributed by atoms with van der Waals surface area (Å²) in [6.45, 7) is 4.45.